The molecule has 0 aromatic carbocycles. The average Bonchev–Trinajstić information content (AvgIpc) is 0.811. The first-order valence-corrected chi connectivity index (χ1v) is 0.928. The Bertz CT molecular complexity index is 41.0. The van der Waals surface area contributed by atoms with Crippen LogP contribution in [-0.2, 0) is 4.79 Å². The van der Waals surface area contributed by atoms with E-state index >= 15 is 0 Å². The van der Waals surface area contributed by atoms with Gasteiger partial charge in [-0.3, -0.25) is 4.79 Å². The van der Waals surface area contributed by atoms with Gasteiger partial charge in [0.15, 0.2) is 0 Å². The van der Waals surface area contributed by atoms with Crippen molar-refractivity contribution in [1.82, 2.24) is 0 Å². The fraction of sp³-hybridized carbons (Fsp3) is 0.500. The van der Waals surface area contributed by atoms with Gasteiger partial charge in [-0.15, -0.1) is 0 Å². The Balaban J connectivity index is -0.00000000750. The Morgan fingerprint density at radius 1 is 1.83 bits per heavy atom. The molecule has 0 saturated heterocycles. The van der Waals surface area contributed by atoms with E-state index in [0.717, 1.165) is 6.92 Å². The monoisotopic (exact) mass is 208 g/mol. The van der Waals surface area contributed by atoms with E-state index in [2.05, 4.69) is 0 Å². The molecule has 0 aliphatic carbocycles. The van der Waals surface area contributed by atoms with Gasteiger partial charge in [0.2, 0.25) is 0 Å². The maximum absolute atomic E-state index is 9.00. The maximum atomic E-state index is 9.00. The van der Waals surface area contributed by atoms with Crippen LogP contribution in [0, 0.1) is 0 Å². The zero-order valence-corrected chi connectivity index (χ0v) is 9.22. The average molecular weight is 207 g/mol. The molecule has 6 heavy (non-hydrogen) atoms. The Kier molecular flexibility index (Phi) is 24.6. The minimum atomic E-state index is -0.833. The zero-order valence-electron chi connectivity index (χ0n) is 5.77. The van der Waals surface area contributed by atoms with E-state index in [9.17, 15) is 0 Å². The van der Waals surface area contributed by atoms with Crippen molar-refractivity contribution in [2.75, 3.05) is 0 Å². The summed E-state index contributed by atoms with van der Waals surface area (Å²) < 4.78 is 0. The molecule has 0 heterocycles. The van der Waals surface area contributed by atoms with Gasteiger partial charge in [0, 0.05) is 6.92 Å². The van der Waals surface area contributed by atoms with E-state index < -0.39 is 5.97 Å². The van der Waals surface area contributed by atoms with Crippen LogP contribution in [0.3, 0.4) is 0 Å². The van der Waals surface area contributed by atoms with Crippen LogP contribution in [0.25, 0.3) is 0 Å². The predicted molar refractivity (Wildman–Crippen MR) is 29.8 cm³/mol. The molecule has 0 aromatic heterocycles. The number of aliphatic carboxylic acids is 1. The van der Waals surface area contributed by atoms with Crippen molar-refractivity contribution in [2.24, 2.45) is 0 Å². The molecule has 34 valence electrons. The third-order valence-electron chi connectivity index (χ3n) is 0. The molecule has 0 aliphatic heterocycles. The summed E-state index contributed by atoms with van der Waals surface area (Å²) in [6.07, 6.45) is 0. The number of carbonyl (C=O) groups is 1. The van der Waals surface area contributed by atoms with E-state index in [1.54, 1.807) is 0 Å². The zero-order chi connectivity index (χ0) is 3.58. The molecule has 2 radical (unpaired) electrons. The fourth-order valence-electron chi connectivity index (χ4n) is 0. The first kappa shape index (κ1) is 15.7. The standard InChI is InChI=1S/C2H4O2.Mg.Sn.4H/c1-2(3)4;;;;;;/h1H3,(H,3,4);;;;;;/q;+2;;;;2*-1. The van der Waals surface area contributed by atoms with Crippen LogP contribution in [-0.4, -0.2) is 58.0 Å². The van der Waals surface area contributed by atoms with Gasteiger partial charge in [0.05, 0.1) is 0 Å². The van der Waals surface area contributed by atoms with Gasteiger partial charge in [-0.05, 0) is 0 Å². The number of carboxylic acid groups (broad SMARTS) is 1. The van der Waals surface area contributed by atoms with Gasteiger partial charge in [-0.1, -0.05) is 0 Å². The molecule has 0 fully saturated rings. The van der Waals surface area contributed by atoms with Crippen molar-refractivity contribution in [1.29, 1.82) is 0 Å². The molecule has 1 N–H and O–H groups in total. The summed E-state index contributed by atoms with van der Waals surface area (Å²) in [4.78, 5) is 9.00. The minimum absolute atomic E-state index is 0. The summed E-state index contributed by atoms with van der Waals surface area (Å²) in [7, 11) is 0. The molecule has 0 rings (SSSR count). The molecule has 0 atom stereocenters. The first-order valence-electron chi connectivity index (χ1n) is 0.928. The van der Waals surface area contributed by atoms with Crippen LogP contribution >= 0.6 is 0 Å². The summed E-state index contributed by atoms with van der Waals surface area (Å²) in [5.41, 5.74) is 0. The van der Waals surface area contributed by atoms with Crippen LogP contribution < -0.4 is 0 Å². The molecule has 4 heteroatoms. The first-order chi connectivity index (χ1) is 1.73. The van der Waals surface area contributed by atoms with E-state index in [1.165, 1.54) is 0 Å². The van der Waals surface area contributed by atoms with Crippen LogP contribution in [0.2, 0.25) is 0 Å². The van der Waals surface area contributed by atoms with E-state index in [1.807, 2.05) is 0 Å². The van der Waals surface area contributed by atoms with Gasteiger partial charge >= 0.3 is 47.0 Å². The van der Waals surface area contributed by atoms with Gasteiger partial charge in [-0.25, -0.2) is 0 Å². The van der Waals surface area contributed by atoms with E-state index in [4.69, 9.17) is 9.90 Å². The quantitative estimate of drug-likeness (QED) is 0.518. The van der Waals surface area contributed by atoms with Crippen LogP contribution in [0.5, 0.6) is 0 Å². The number of carboxylic acids is 1. The summed E-state index contributed by atoms with van der Waals surface area (Å²) in [6, 6.07) is 0. The molecule has 0 amide bonds. The van der Waals surface area contributed by atoms with Crippen molar-refractivity contribution < 1.29 is 12.8 Å². The van der Waals surface area contributed by atoms with Gasteiger partial charge < -0.3 is 7.96 Å². The fourth-order valence-corrected chi connectivity index (χ4v) is 0. The van der Waals surface area contributed by atoms with Gasteiger partial charge in [-0.2, -0.15) is 0 Å². The van der Waals surface area contributed by atoms with Crippen molar-refractivity contribution in [3.8, 4) is 0 Å². The molecule has 0 unspecified atom stereocenters. The second kappa shape index (κ2) is 9.40. The molecule has 2 nitrogen and oxygen atoms in total. The van der Waals surface area contributed by atoms with E-state index in [0.29, 0.717) is 0 Å². The van der Waals surface area contributed by atoms with E-state index in [-0.39, 0.29) is 49.8 Å². The Labute approximate surface area is 72.4 Å². The molecule has 0 saturated carbocycles. The molecule has 0 aromatic rings. The second-order valence-corrected chi connectivity index (χ2v) is 0.519. The molecule has 0 spiro atoms. The number of rotatable bonds is 0. The summed E-state index contributed by atoms with van der Waals surface area (Å²) >= 11 is 0. The summed E-state index contributed by atoms with van der Waals surface area (Å²) in [5.74, 6) is -0.833. The van der Waals surface area contributed by atoms with Gasteiger partial charge in [0.25, 0.3) is 5.97 Å². The Hall–Kier alpha value is 1.03. The van der Waals surface area contributed by atoms with Crippen LogP contribution in [0.1, 0.15) is 9.78 Å². The number of hydrogen-bond donors (Lipinski definition) is 1. The number of hydrogen-bond acceptors (Lipinski definition) is 1. The molecular formula is C2H8MgO2Sn. The summed E-state index contributed by atoms with van der Waals surface area (Å²) in [6.45, 7) is 1.08. The van der Waals surface area contributed by atoms with Crippen LogP contribution in [0.15, 0.2) is 0 Å². The predicted octanol–water partition coefficient (Wildman–Crippen LogP) is -0.981. The van der Waals surface area contributed by atoms with Gasteiger partial charge in [0.1, 0.15) is 0 Å². The third kappa shape index (κ3) is 76.5. The third-order valence-corrected chi connectivity index (χ3v) is 0. The summed E-state index contributed by atoms with van der Waals surface area (Å²) in [5, 5.41) is 7.42. The molecular weight excluding hydrogens is 199 g/mol. The molecule has 0 aliphatic rings. The van der Waals surface area contributed by atoms with Crippen LogP contribution in [0.4, 0.5) is 0 Å². The normalized spacial score (nSPS) is 4.17. The second-order valence-electron chi connectivity index (χ2n) is 0.519. The van der Waals surface area contributed by atoms with Crippen molar-refractivity contribution in [3.05, 3.63) is 0 Å². The Morgan fingerprint density at radius 3 is 1.83 bits per heavy atom. The SMILES string of the molecule is CC(=O)O.[H-].[H-].[Mg+2].[SnH2]. The van der Waals surface area contributed by atoms with Crippen molar-refractivity contribution in [2.45, 2.75) is 6.92 Å². The van der Waals surface area contributed by atoms with Crippen molar-refractivity contribution >= 4 is 52.9 Å². The molecule has 0 bridgehead atoms. The van der Waals surface area contributed by atoms with Crippen molar-refractivity contribution in [3.63, 3.8) is 0 Å². The topological polar surface area (TPSA) is 37.3 Å². The Morgan fingerprint density at radius 2 is 1.83 bits per heavy atom.